The lowest BCUT2D eigenvalue weighted by Crippen LogP contribution is -2.10. The van der Waals surface area contributed by atoms with Crippen LogP contribution in [-0.4, -0.2) is 4.57 Å². The average molecular weight is 745 g/mol. The number of anilines is 3. The van der Waals surface area contributed by atoms with Gasteiger partial charge in [0.05, 0.1) is 21.4 Å². The Morgan fingerprint density at radius 2 is 0.860 bits per heavy atom. The molecule has 11 rings (SSSR count). The summed E-state index contributed by atoms with van der Waals surface area (Å²) in [5.41, 5.74) is 14.2. The molecule has 0 atom stereocenters. The zero-order valence-corrected chi connectivity index (χ0v) is 31.9. The second-order valence-electron chi connectivity index (χ2n) is 14.5. The fourth-order valence-corrected chi connectivity index (χ4v) is 9.82. The second-order valence-corrected chi connectivity index (χ2v) is 15.5. The maximum absolute atomic E-state index is 2.43. The Kier molecular flexibility index (Phi) is 8.04. The van der Waals surface area contributed by atoms with E-state index in [1.54, 1.807) is 0 Å². The van der Waals surface area contributed by atoms with Gasteiger partial charge in [0, 0.05) is 48.9 Å². The molecule has 268 valence electrons. The van der Waals surface area contributed by atoms with E-state index in [0.29, 0.717) is 0 Å². The van der Waals surface area contributed by atoms with E-state index in [2.05, 4.69) is 228 Å². The summed E-state index contributed by atoms with van der Waals surface area (Å²) in [7, 11) is 0. The molecule has 0 spiro atoms. The maximum atomic E-state index is 2.43. The Labute approximate surface area is 335 Å². The minimum atomic E-state index is 1.11. The number of hydrogen-bond acceptors (Lipinski definition) is 2. The number of fused-ring (bicyclic) bond motifs is 6. The first-order valence-electron chi connectivity index (χ1n) is 19.4. The number of aromatic nitrogens is 1. The van der Waals surface area contributed by atoms with Gasteiger partial charge in [0.15, 0.2) is 0 Å². The molecule has 3 heteroatoms. The second kappa shape index (κ2) is 13.8. The van der Waals surface area contributed by atoms with Crippen LogP contribution in [0.15, 0.2) is 218 Å². The van der Waals surface area contributed by atoms with E-state index in [1.807, 2.05) is 11.3 Å². The van der Waals surface area contributed by atoms with Crippen molar-refractivity contribution in [1.29, 1.82) is 0 Å². The lowest BCUT2D eigenvalue weighted by atomic mass is 9.94. The normalized spacial score (nSPS) is 11.5. The lowest BCUT2D eigenvalue weighted by molar-refractivity contribution is 1.18. The van der Waals surface area contributed by atoms with Crippen LogP contribution in [0, 0.1) is 0 Å². The van der Waals surface area contributed by atoms with Crippen molar-refractivity contribution in [3.63, 3.8) is 0 Å². The molecule has 0 bridgehead atoms. The first kappa shape index (κ1) is 33.2. The van der Waals surface area contributed by atoms with E-state index >= 15 is 0 Å². The zero-order chi connectivity index (χ0) is 37.7. The van der Waals surface area contributed by atoms with E-state index in [4.69, 9.17) is 0 Å². The van der Waals surface area contributed by atoms with Crippen molar-refractivity contribution < 1.29 is 0 Å². The molecule has 2 nitrogen and oxygen atoms in total. The number of nitrogens with zero attached hydrogens (tertiary/aromatic N) is 2. The topological polar surface area (TPSA) is 8.17 Å². The van der Waals surface area contributed by atoms with Crippen LogP contribution >= 0.6 is 11.3 Å². The van der Waals surface area contributed by atoms with Crippen LogP contribution in [0.3, 0.4) is 0 Å². The van der Waals surface area contributed by atoms with Crippen LogP contribution in [0.1, 0.15) is 0 Å². The quantitative estimate of drug-likeness (QED) is 0.158. The molecule has 57 heavy (non-hydrogen) atoms. The largest absolute Gasteiger partial charge is 0.309 e. The Hall–Kier alpha value is -7.20. The summed E-state index contributed by atoms with van der Waals surface area (Å²) in [6.07, 6.45) is 0. The molecule has 0 amide bonds. The molecule has 0 fully saturated rings. The molecule has 9 aromatic carbocycles. The van der Waals surface area contributed by atoms with Gasteiger partial charge >= 0.3 is 0 Å². The van der Waals surface area contributed by atoms with Gasteiger partial charge < -0.3 is 9.47 Å². The third kappa shape index (κ3) is 5.63. The zero-order valence-electron chi connectivity index (χ0n) is 31.1. The first-order valence-corrected chi connectivity index (χ1v) is 20.3. The highest BCUT2D eigenvalue weighted by molar-refractivity contribution is 7.26. The summed E-state index contributed by atoms with van der Waals surface area (Å²) in [6, 6.07) is 79.2. The van der Waals surface area contributed by atoms with Crippen LogP contribution in [0.5, 0.6) is 0 Å². The Morgan fingerprint density at radius 1 is 0.351 bits per heavy atom. The van der Waals surface area contributed by atoms with Crippen molar-refractivity contribution in [2.45, 2.75) is 0 Å². The van der Waals surface area contributed by atoms with Gasteiger partial charge in [0.25, 0.3) is 0 Å². The van der Waals surface area contributed by atoms with Gasteiger partial charge in [-0.2, -0.15) is 0 Å². The highest BCUT2D eigenvalue weighted by atomic mass is 32.1. The van der Waals surface area contributed by atoms with Crippen LogP contribution in [0.25, 0.3) is 81.0 Å². The van der Waals surface area contributed by atoms with Crippen molar-refractivity contribution >= 4 is 70.4 Å². The Bertz CT molecular complexity index is 3210. The maximum Gasteiger partial charge on any atom is 0.0640 e. The fraction of sp³-hybridized carbons (Fsp3) is 0. The van der Waals surface area contributed by atoms with E-state index in [9.17, 15) is 0 Å². The molecule has 0 unspecified atom stereocenters. The van der Waals surface area contributed by atoms with Gasteiger partial charge in [0.2, 0.25) is 0 Å². The smallest absolute Gasteiger partial charge is 0.0640 e. The van der Waals surface area contributed by atoms with Gasteiger partial charge in [-0.3, -0.25) is 0 Å². The summed E-state index contributed by atoms with van der Waals surface area (Å²) >= 11 is 1.86. The summed E-state index contributed by atoms with van der Waals surface area (Å²) in [5.74, 6) is 0. The van der Waals surface area contributed by atoms with Crippen molar-refractivity contribution in [3.05, 3.63) is 218 Å². The predicted molar refractivity (Wildman–Crippen MR) is 245 cm³/mol. The van der Waals surface area contributed by atoms with Gasteiger partial charge in [-0.15, -0.1) is 11.3 Å². The monoisotopic (exact) mass is 744 g/mol. The van der Waals surface area contributed by atoms with Crippen molar-refractivity contribution in [2.24, 2.45) is 0 Å². The lowest BCUT2D eigenvalue weighted by Gasteiger charge is -2.26. The first-order chi connectivity index (χ1) is 28.3. The highest BCUT2D eigenvalue weighted by Crippen LogP contribution is 2.46. The summed E-state index contributed by atoms with van der Waals surface area (Å²) in [4.78, 5) is 2.43. The van der Waals surface area contributed by atoms with E-state index in [1.165, 1.54) is 81.0 Å². The molecule has 0 saturated heterocycles. The minimum absolute atomic E-state index is 1.11. The van der Waals surface area contributed by atoms with E-state index < -0.39 is 0 Å². The van der Waals surface area contributed by atoms with Crippen molar-refractivity contribution in [3.8, 4) is 39.1 Å². The molecule has 2 heterocycles. The average Bonchev–Trinajstić information content (AvgIpc) is 3.84. The van der Waals surface area contributed by atoms with Gasteiger partial charge in [-0.05, 0) is 82.4 Å². The molecule has 2 aromatic heterocycles. The Morgan fingerprint density at radius 3 is 1.58 bits per heavy atom. The Balaban J connectivity index is 1.07. The number of benzene rings is 9. The molecule has 0 aliphatic heterocycles. The summed E-state index contributed by atoms with van der Waals surface area (Å²) in [6.45, 7) is 0. The third-order valence-corrected chi connectivity index (χ3v) is 12.4. The molecule has 0 saturated carbocycles. The minimum Gasteiger partial charge on any atom is -0.309 e. The highest BCUT2D eigenvalue weighted by Gasteiger charge is 2.20. The van der Waals surface area contributed by atoms with Gasteiger partial charge in [0.1, 0.15) is 0 Å². The van der Waals surface area contributed by atoms with Gasteiger partial charge in [-0.1, -0.05) is 164 Å². The van der Waals surface area contributed by atoms with Crippen molar-refractivity contribution in [1.82, 2.24) is 4.57 Å². The number of para-hydroxylation sites is 3. The number of thiophene rings is 1. The van der Waals surface area contributed by atoms with Gasteiger partial charge in [-0.25, -0.2) is 0 Å². The molecule has 0 aliphatic carbocycles. The molecule has 0 aliphatic rings. The molecule has 11 aromatic rings. The standard InChI is InChI=1S/C54H36N2S/c1-3-15-37(16-4-1)43-19-7-8-20-44(43)38-29-33-41(34-30-38)55(51-27-14-25-49-47-22-10-12-28-52(47)57-54(49)51)42-35-31-39(32-36-42)45-23-13-24-48-46-21-9-11-26-50(46)56(53(45)48)40-17-5-2-6-18-40/h1-36H. The van der Waals surface area contributed by atoms with Crippen LogP contribution in [0.4, 0.5) is 17.1 Å². The summed E-state index contributed by atoms with van der Waals surface area (Å²) < 4.78 is 4.99. The summed E-state index contributed by atoms with van der Waals surface area (Å²) in [5, 5.41) is 5.09. The third-order valence-electron chi connectivity index (χ3n) is 11.2. The molecule has 0 radical (unpaired) electrons. The van der Waals surface area contributed by atoms with Crippen LogP contribution in [-0.2, 0) is 0 Å². The van der Waals surface area contributed by atoms with Crippen LogP contribution in [0.2, 0.25) is 0 Å². The molecular weight excluding hydrogens is 709 g/mol. The van der Waals surface area contributed by atoms with Crippen LogP contribution < -0.4 is 4.90 Å². The van der Waals surface area contributed by atoms with E-state index in [0.717, 1.165) is 17.1 Å². The SMILES string of the molecule is c1ccc(-c2ccccc2-c2ccc(N(c3ccc(-c4cccc5c6ccccc6n(-c6ccccc6)c45)cc3)c3cccc4c3sc3ccccc34)cc2)cc1. The predicted octanol–water partition coefficient (Wildman–Crippen LogP) is 15.6. The van der Waals surface area contributed by atoms with E-state index in [-0.39, 0.29) is 0 Å². The fourth-order valence-electron chi connectivity index (χ4n) is 8.62. The molecule has 0 N–H and O–H groups in total. The number of rotatable bonds is 7. The molecular formula is C54H36N2S. The van der Waals surface area contributed by atoms with Crippen molar-refractivity contribution in [2.75, 3.05) is 4.90 Å². The number of hydrogen-bond donors (Lipinski definition) is 0.